The van der Waals surface area contributed by atoms with Crippen LogP contribution in [0.1, 0.15) is 0 Å². The summed E-state index contributed by atoms with van der Waals surface area (Å²) in [7, 11) is 0. The van der Waals surface area contributed by atoms with Gasteiger partial charge in [-0.1, -0.05) is 0 Å². The number of rotatable bonds is 0. The van der Waals surface area contributed by atoms with Crippen LogP contribution in [0.5, 0.6) is 0 Å². The molecule has 4 heavy (non-hydrogen) atoms. The first-order chi connectivity index (χ1) is 1.41. The minimum atomic E-state index is 0. The van der Waals surface area contributed by atoms with Gasteiger partial charge in [0.05, 0.1) is 0 Å². The molecule has 0 aliphatic heterocycles. The van der Waals surface area contributed by atoms with Crippen LogP contribution in [0, 0.1) is 0 Å². The third-order valence-electron chi connectivity index (χ3n) is 0. The second-order valence-electron chi connectivity index (χ2n) is 0.100. The Kier molecular flexibility index (Phi) is 20.5. The summed E-state index contributed by atoms with van der Waals surface area (Å²) in [4.78, 5) is 0. The Labute approximate surface area is 52.5 Å². The van der Waals surface area contributed by atoms with Crippen LogP contribution in [0.25, 0.3) is 0 Å². The van der Waals surface area contributed by atoms with Crippen LogP contribution < -0.4 is 0 Å². The first-order valence-corrected chi connectivity index (χ1v) is 4.02. The third kappa shape index (κ3) is 9.17. The summed E-state index contributed by atoms with van der Waals surface area (Å²) in [5.74, 6) is 0. The summed E-state index contributed by atoms with van der Waals surface area (Å²) in [6.45, 7) is 0.472. The molecule has 0 aromatic carbocycles. The normalized spacial score (nSPS) is 4.50. The monoisotopic (exact) mass is 196 g/mol. The van der Waals surface area contributed by atoms with Gasteiger partial charge in [0.25, 0.3) is 0 Å². The molecule has 0 rings (SSSR count). The molecule has 0 saturated carbocycles. The summed E-state index contributed by atoms with van der Waals surface area (Å²) in [5.41, 5.74) is 0. The van der Waals surface area contributed by atoms with Gasteiger partial charge in [-0.15, -0.1) is 24.5 Å². The van der Waals surface area contributed by atoms with E-state index in [1.54, 1.807) is 0 Å². The van der Waals surface area contributed by atoms with Crippen molar-refractivity contribution in [3.8, 4) is 0 Å². The molecule has 0 aliphatic carbocycles. The molecule has 26 valence electrons. The van der Waals surface area contributed by atoms with Gasteiger partial charge in [0.15, 0.2) is 0 Å². The molecule has 4 heteroatoms. The molecule has 0 heterocycles. The van der Waals surface area contributed by atoms with Crippen molar-refractivity contribution in [2.75, 3.05) is 0 Å². The van der Waals surface area contributed by atoms with Crippen molar-refractivity contribution in [3.05, 3.63) is 0 Å². The Morgan fingerprint density at radius 3 is 1.25 bits per heavy atom. The van der Waals surface area contributed by atoms with E-state index in [-0.39, 0.29) is 21.1 Å². The van der Waals surface area contributed by atoms with Crippen molar-refractivity contribution in [3.63, 3.8) is 0 Å². The molecule has 0 aliphatic rings. The van der Waals surface area contributed by atoms with Crippen LogP contribution in [0.2, 0.25) is 0 Å². The number of hydrogen-bond acceptors (Lipinski definition) is 2. The fraction of sp³-hybridized carbons (Fsp3) is 0. The predicted octanol–water partition coefficient (Wildman–Crippen LogP) is 1.35. The molecule has 0 aromatic rings. The molecule has 0 bridgehead atoms. The van der Waals surface area contributed by atoms with Gasteiger partial charge in [-0.25, -0.2) is 0 Å². The van der Waals surface area contributed by atoms with Crippen LogP contribution in [-0.2, 0) is 21.1 Å². The minimum Gasteiger partial charge on any atom is -0.143 e. The van der Waals surface area contributed by atoms with Gasteiger partial charge >= 0.3 is 0 Å². The predicted molar refractivity (Wildman–Crippen MR) is 26.3 cm³/mol. The van der Waals surface area contributed by atoms with Crippen molar-refractivity contribution in [1.82, 2.24) is 0 Å². The molecular formula is H3MoPS2. The van der Waals surface area contributed by atoms with E-state index in [1.807, 2.05) is 0 Å². The van der Waals surface area contributed by atoms with E-state index >= 15 is 0 Å². The van der Waals surface area contributed by atoms with Crippen LogP contribution in [0.3, 0.4) is 0 Å². The van der Waals surface area contributed by atoms with E-state index in [2.05, 4.69) is 24.5 Å². The van der Waals surface area contributed by atoms with Gasteiger partial charge in [0, 0.05) is 21.1 Å². The maximum Gasteiger partial charge on any atom is 0 e. The van der Waals surface area contributed by atoms with Crippen molar-refractivity contribution < 1.29 is 21.1 Å². The molecule has 0 spiro atoms. The van der Waals surface area contributed by atoms with Crippen LogP contribution in [0.4, 0.5) is 0 Å². The van der Waals surface area contributed by atoms with Crippen molar-refractivity contribution in [2.45, 2.75) is 0 Å². The first kappa shape index (κ1) is 9.26. The molecule has 0 saturated heterocycles. The average molecular weight is 194 g/mol. The topological polar surface area (TPSA) is 0 Å². The van der Waals surface area contributed by atoms with E-state index < -0.39 is 0 Å². The van der Waals surface area contributed by atoms with Gasteiger partial charge < -0.3 is 0 Å². The fourth-order valence-corrected chi connectivity index (χ4v) is 0. The van der Waals surface area contributed by atoms with Gasteiger partial charge in [-0.05, 0) is 6.98 Å². The molecule has 0 radical (unpaired) electrons. The standard InChI is InChI=1S/Mo.H3PS2/c;2-1-3/h;1-3H. The van der Waals surface area contributed by atoms with E-state index in [4.69, 9.17) is 0 Å². The Hall–Kier alpha value is 1.82. The molecule has 0 amide bonds. The van der Waals surface area contributed by atoms with E-state index in [0.717, 1.165) is 0 Å². The van der Waals surface area contributed by atoms with Crippen molar-refractivity contribution >= 4 is 31.5 Å². The zero-order valence-electron chi connectivity index (χ0n) is 1.80. The van der Waals surface area contributed by atoms with Gasteiger partial charge in [-0.2, -0.15) is 0 Å². The van der Waals surface area contributed by atoms with Gasteiger partial charge in [0.2, 0.25) is 0 Å². The van der Waals surface area contributed by atoms with Crippen molar-refractivity contribution in [1.29, 1.82) is 0 Å². The summed E-state index contributed by atoms with van der Waals surface area (Å²) < 4.78 is 0. The van der Waals surface area contributed by atoms with Gasteiger partial charge in [-0.3, -0.25) is 0 Å². The molecular weight excluding hydrogens is 191 g/mol. The first-order valence-electron chi connectivity index (χ1n) is 0.447. The number of hydrogen-bond donors (Lipinski definition) is 2. The Balaban J connectivity index is 0. The molecule has 0 N–H and O–H groups in total. The Morgan fingerprint density at radius 1 is 1.25 bits per heavy atom. The van der Waals surface area contributed by atoms with E-state index in [1.165, 1.54) is 0 Å². The molecule has 0 unspecified atom stereocenters. The quantitative estimate of drug-likeness (QED) is 0.324. The Bertz CT molecular complexity index is 6.00. The SMILES string of the molecule is SPS.[Mo]. The summed E-state index contributed by atoms with van der Waals surface area (Å²) >= 11 is 7.36. The van der Waals surface area contributed by atoms with Crippen LogP contribution >= 0.6 is 31.5 Å². The molecule has 0 atom stereocenters. The van der Waals surface area contributed by atoms with Crippen LogP contribution in [0.15, 0.2) is 0 Å². The zero-order chi connectivity index (χ0) is 2.71. The minimum absolute atomic E-state index is 0. The molecule has 0 aromatic heterocycles. The average Bonchev–Trinajstić information content (AvgIpc) is 0.918. The maximum absolute atomic E-state index is 3.68. The number of thiol groups is 2. The second kappa shape index (κ2) is 8.84. The smallest absolute Gasteiger partial charge is 0 e. The van der Waals surface area contributed by atoms with E-state index in [9.17, 15) is 0 Å². The summed E-state index contributed by atoms with van der Waals surface area (Å²) in [6, 6.07) is 0. The largest absolute Gasteiger partial charge is 0.143 e. The molecule has 0 nitrogen and oxygen atoms in total. The van der Waals surface area contributed by atoms with E-state index in [0.29, 0.717) is 6.98 Å². The molecule has 0 fully saturated rings. The zero-order valence-corrected chi connectivity index (χ0v) is 6.60. The van der Waals surface area contributed by atoms with Crippen LogP contribution in [-0.4, -0.2) is 0 Å². The fourth-order valence-electron chi connectivity index (χ4n) is 0. The summed E-state index contributed by atoms with van der Waals surface area (Å²) in [5, 5.41) is 0. The summed E-state index contributed by atoms with van der Waals surface area (Å²) in [6.07, 6.45) is 0. The second-order valence-corrected chi connectivity index (χ2v) is 2.70. The third-order valence-corrected chi connectivity index (χ3v) is 0. The Morgan fingerprint density at radius 2 is 1.25 bits per heavy atom. The van der Waals surface area contributed by atoms with Gasteiger partial charge in [0.1, 0.15) is 0 Å². The van der Waals surface area contributed by atoms with Crippen molar-refractivity contribution in [2.24, 2.45) is 0 Å². The maximum atomic E-state index is 3.68.